The smallest absolute Gasteiger partial charge is 0.233 e. The summed E-state index contributed by atoms with van der Waals surface area (Å²) in [6, 6.07) is 21.7. The molecular formula is C29H25N3O4. The molecule has 3 fully saturated rings. The standard InChI is InChI=1S/C29H25N3O4/c33-28-23-21-13-22(24(23)29(34)32(28)15-18-7-4-12-30-14-18)27-25(21)26(31-36-27)19-8-10-20(11-9-19)35-16-17-5-2-1-3-6-17/h1-12,14,21-25,27H,13,15-16H2/t21-,22+,23+,24-,25+,27+/m0/s1. The highest BCUT2D eigenvalue weighted by Crippen LogP contribution is 2.61. The number of carbonyl (C=O) groups excluding carboxylic acids is 2. The van der Waals surface area contributed by atoms with Crippen LogP contribution in [0.5, 0.6) is 5.75 Å². The van der Waals surface area contributed by atoms with Crippen LogP contribution in [-0.4, -0.2) is 33.5 Å². The fraction of sp³-hybridized carbons (Fsp3) is 0.310. The van der Waals surface area contributed by atoms with E-state index in [9.17, 15) is 9.59 Å². The summed E-state index contributed by atoms with van der Waals surface area (Å²) in [6.07, 6.45) is 4.09. The van der Waals surface area contributed by atoms with Crippen molar-refractivity contribution in [1.29, 1.82) is 0 Å². The Labute approximate surface area is 208 Å². The highest BCUT2D eigenvalue weighted by molar-refractivity contribution is 6.08. The lowest BCUT2D eigenvalue weighted by Gasteiger charge is -2.29. The molecule has 6 atom stereocenters. The minimum absolute atomic E-state index is 0.0232. The summed E-state index contributed by atoms with van der Waals surface area (Å²) in [5, 5.41) is 4.45. The fourth-order valence-electron chi connectivity index (χ4n) is 6.72. The minimum Gasteiger partial charge on any atom is -0.489 e. The Morgan fingerprint density at radius 2 is 1.61 bits per heavy atom. The summed E-state index contributed by atoms with van der Waals surface area (Å²) in [6.45, 7) is 0.785. The van der Waals surface area contributed by atoms with Gasteiger partial charge in [0, 0.05) is 29.8 Å². The van der Waals surface area contributed by atoms with Crippen LogP contribution >= 0.6 is 0 Å². The van der Waals surface area contributed by atoms with Gasteiger partial charge in [-0.15, -0.1) is 0 Å². The third kappa shape index (κ3) is 3.26. The van der Waals surface area contributed by atoms with Gasteiger partial charge in [-0.1, -0.05) is 41.6 Å². The van der Waals surface area contributed by atoms with E-state index in [-0.39, 0.29) is 54.1 Å². The van der Waals surface area contributed by atoms with Crippen LogP contribution in [0.4, 0.5) is 0 Å². The third-order valence-electron chi connectivity index (χ3n) is 8.24. The molecule has 2 amide bonds. The second-order valence-corrected chi connectivity index (χ2v) is 10.1. The zero-order chi connectivity index (χ0) is 24.2. The van der Waals surface area contributed by atoms with Crippen LogP contribution in [0.3, 0.4) is 0 Å². The molecule has 2 bridgehead atoms. The molecule has 180 valence electrons. The van der Waals surface area contributed by atoms with Crippen molar-refractivity contribution in [3.63, 3.8) is 0 Å². The maximum atomic E-state index is 13.4. The first-order chi connectivity index (χ1) is 17.7. The molecule has 2 aliphatic carbocycles. The number of imide groups is 1. The Balaban J connectivity index is 1.08. The zero-order valence-corrected chi connectivity index (χ0v) is 19.6. The van der Waals surface area contributed by atoms with Crippen LogP contribution in [-0.2, 0) is 27.6 Å². The zero-order valence-electron chi connectivity index (χ0n) is 19.6. The number of amides is 2. The van der Waals surface area contributed by atoms with Crippen molar-refractivity contribution < 1.29 is 19.2 Å². The van der Waals surface area contributed by atoms with E-state index in [1.807, 2.05) is 66.7 Å². The Kier molecular flexibility index (Phi) is 4.91. The molecule has 36 heavy (non-hydrogen) atoms. The van der Waals surface area contributed by atoms with Crippen molar-refractivity contribution in [3.8, 4) is 5.75 Å². The van der Waals surface area contributed by atoms with Crippen molar-refractivity contribution in [2.75, 3.05) is 0 Å². The van der Waals surface area contributed by atoms with Crippen LogP contribution in [0.15, 0.2) is 84.3 Å². The van der Waals surface area contributed by atoms with Gasteiger partial charge in [-0.2, -0.15) is 0 Å². The number of benzene rings is 2. The number of ether oxygens (including phenoxy) is 1. The van der Waals surface area contributed by atoms with Gasteiger partial charge in [0.05, 0.1) is 24.1 Å². The Bertz CT molecular complexity index is 1340. The number of pyridine rings is 1. The predicted molar refractivity (Wildman–Crippen MR) is 130 cm³/mol. The molecule has 0 unspecified atom stereocenters. The van der Waals surface area contributed by atoms with Gasteiger partial charge in [0.15, 0.2) is 0 Å². The number of fused-ring (bicyclic) bond motifs is 8. The van der Waals surface area contributed by atoms with Crippen LogP contribution in [0.25, 0.3) is 0 Å². The van der Waals surface area contributed by atoms with E-state index >= 15 is 0 Å². The molecule has 1 saturated heterocycles. The average Bonchev–Trinajstić information content (AvgIpc) is 3.67. The first-order valence-electron chi connectivity index (χ1n) is 12.4. The van der Waals surface area contributed by atoms with Crippen LogP contribution in [0, 0.1) is 29.6 Å². The first-order valence-corrected chi connectivity index (χ1v) is 12.4. The molecule has 7 rings (SSSR count). The topological polar surface area (TPSA) is 81.1 Å². The normalized spacial score (nSPS) is 29.7. The van der Waals surface area contributed by atoms with Gasteiger partial charge in [0.1, 0.15) is 18.5 Å². The SMILES string of the molecule is O=C1[C@@H]2[C@@H]3C[C@@H]([C@H]4ON=C(c5ccc(OCc6ccccc6)cc5)[C@@H]34)[C@@H]2C(=O)N1Cc1cccnc1. The number of carbonyl (C=O) groups is 2. The molecule has 1 aromatic heterocycles. The lowest BCUT2D eigenvalue weighted by atomic mass is 9.71. The number of hydrogen-bond acceptors (Lipinski definition) is 6. The van der Waals surface area contributed by atoms with Crippen LogP contribution in [0.1, 0.15) is 23.1 Å². The molecule has 3 aromatic rings. The van der Waals surface area contributed by atoms with Crippen molar-refractivity contribution >= 4 is 17.5 Å². The molecule has 0 spiro atoms. The van der Waals surface area contributed by atoms with E-state index in [2.05, 4.69) is 10.1 Å². The monoisotopic (exact) mass is 479 g/mol. The lowest BCUT2D eigenvalue weighted by molar-refractivity contribution is -0.141. The van der Waals surface area contributed by atoms with Crippen molar-refractivity contribution in [2.24, 2.45) is 34.7 Å². The summed E-state index contributed by atoms with van der Waals surface area (Å²) in [5.74, 6) is 0.180. The van der Waals surface area contributed by atoms with Gasteiger partial charge in [-0.3, -0.25) is 19.5 Å². The summed E-state index contributed by atoms with van der Waals surface area (Å²) >= 11 is 0. The molecule has 2 aliphatic heterocycles. The molecule has 0 radical (unpaired) electrons. The quantitative estimate of drug-likeness (QED) is 0.502. The third-order valence-corrected chi connectivity index (χ3v) is 8.24. The average molecular weight is 480 g/mol. The van der Waals surface area contributed by atoms with E-state index in [0.29, 0.717) is 6.61 Å². The largest absolute Gasteiger partial charge is 0.489 e. The second kappa shape index (κ2) is 8.29. The minimum atomic E-state index is -0.302. The Morgan fingerprint density at radius 3 is 2.36 bits per heavy atom. The number of rotatable bonds is 6. The predicted octanol–water partition coefficient (Wildman–Crippen LogP) is 3.83. The number of nitrogens with zero attached hydrogens (tertiary/aromatic N) is 3. The summed E-state index contributed by atoms with van der Waals surface area (Å²) in [7, 11) is 0. The van der Waals surface area contributed by atoms with Gasteiger partial charge >= 0.3 is 0 Å². The van der Waals surface area contributed by atoms with Crippen LogP contribution < -0.4 is 4.74 Å². The Hall–Kier alpha value is -4.00. The molecular weight excluding hydrogens is 454 g/mol. The summed E-state index contributed by atoms with van der Waals surface area (Å²) in [4.78, 5) is 38.2. The van der Waals surface area contributed by atoms with Gasteiger partial charge in [-0.05, 0) is 53.8 Å². The van der Waals surface area contributed by atoms with Gasteiger partial charge < -0.3 is 9.57 Å². The van der Waals surface area contributed by atoms with Gasteiger partial charge in [0.2, 0.25) is 11.8 Å². The maximum Gasteiger partial charge on any atom is 0.233 e. The number of hydrogen-bond donors (Lipinski definition) is 0. The van der Waals surface area contributed by atoms with E-state index in [1.54, 1.807) is 12.4 Å². The molecule has 2 saturated carbocycles. The van der Waals surface area contributed by atoms with Crippen molar-refractivity contribution in [3.05, 3.63) is 95.8 Å². The molecule has 0 N–H and O–H groups in total. The molecule has 7 nitrogen and oxygen atoms in total. The summed E-state index contributed by atoms with van der Waals surface area (Å²) in [5.41, 5.74) is 3.83. The van der Waals surface area contributed by atoms with E-state index in [4.69, 9.17) is 9.57 Å². The maximum absolute atomic E-state index is 13.4. The number of oxime groups is 1. The first kappa shape index (κ1) is 21.3. The fourth-order valence-corrected chi connectivity index (χ4v) is 6.72. The molecule has 2 aromatic carbocycles. The number of aromatic nitrogens is 1. The highest BCUT2D eigenvalue weighted by Gasteiger charge is 2.70. The Morgan fingerprint density at radius 1 is 0.861 bits per heavy atom. The van der Waals surface area contributed by atoms with E-state index in [1.165, 1.54) is 4.90 Å². The summed E-state index contributed by atoms with van der Waals surface area (Å²) < 4.78 is 5.93. The molecule has 7 heteroatoms. The molecule has 3 heterocycles. The second-order valence-electron chi connectivity index (χ2n) is 10.1. The van der Waals surface area contributed by atoms with Crippen molar-refractivity contribution in [2.45, 2.75) is 25.7 Å². The number of likely N-dealkylation sites (tertiary alicyclic amines) is 1. The lowest BCUT2D eigenvalue weighted by Crippen LogP contribution is -2.41. The van der Waals surface area contributed by atoms with Crippen molar-refractivity contribution in [1.82, 2.24) is 9.88 Å². The van der Waals surface area contributed by atoms with Crippen LogP contribution in [0.2, 0.25) is 0 Å². The molecule has 4 aliphatic rings. The van der Waals surface area contributed by atoms with Gasteiger partial charge in [-0.25, -0.2) is 0 Å². The van der Waals surface area contributed by atoms with Gasteiger partial charge in [0.25, 0.3) is 0 Å². The van der Waals surface area contributed by atoms with E-state index < -0.39 is 0 Å². The highest BCUT2D eigenvalue weighted by atomic mass is 16.6. The van der Waals surface area contributed by atoms with E-state index in [0.717, 1.165) is 34.6 Å².